The van der Waals surface area contributed by atoms with E-state index in [1.54, 1.807) is 0 Å². The maximum atomic E-state index is 12.6. The molecule has 122 valence electrons. The van der Waals surface area contributed by atoms with Crippen LogP contribution in [0, 0.1) is 0 Å². The molecule has 10 heteroatoms. The van der Waals surface area contributed by atoms with Crippen LogP contribution in [0.15, 0.2) is 24.3 Å². The normalized spacial score (nSPS) is 15.0. The minimum absolute atomic E-state index is 0.366. The van der Waals surface area contributed by atoms with E-state index in [4.69, 9.17) is 5.11 Å². The summed E-state index contributed by atoms with van der Waals surface area (Å²) in [5, 5.41) is 10.2. The van der Waals surface area contributed by atoms with Crippen LogP contribution in [0.5, 0.6) is 0 Å². The molecule has 4 nitrogen and oxygen atoms in total. The van der Waals surface area contributed by atoms with Crippen molar-refractivity contribution >= 4 is 11.9 Å². The van der Waals surface area contributed by atoms with Crippen LogP contribution in [0.4, 0.5) is 26.3 Å². The molecule has 0 bridgehead atoms. The number of nitrogens with one attached hydrogen (secondary N) is 1. The van der Waals surface area contributed by atoms with Gasteiger partial charge in [-0.25, -0.2) is 4.79 Å². The molecule has 0 fully saturated rings. The fourth-order valence-corrected chi connectivity index (χ4v) is 1.55. The van der Waals surface area contributed by atoms with E-state index >= 15 is 0 Å². The predicted molar refractivity (Wildman–Crippen MR) is 60.6 cm³/mol. The lowest BCUT2D eigenvalue weighted by molar-refractivity contribution is -0.177. The quantitative estimate of drug-likeness (QED) is 0.838. The van der Waals surface area contributed by atoms with Crippen LogP contribution < -0.4 is 5.32 Å². The summed E-state index contributed by atoms with van der Waals surface area (Å²) in [4.78, 5) is 22.1. The van der Waals surface area contributed by atoms with Crippen molar-refractivity contribution in [3.63, 3.8) is 0 Å². The van der Waals surface area contributed by atoms with Gasteiger partial charge in [-0.05, 0) is 24.6 Å². The molecule has 0 saturated carbocycles. The van der Waals surface area contributed by atoms with Crippen LogP contribution in [0.2, 0.25) is 0 Å². The highest BCUT2D eigenvalue weighted by Gasteiger charge is 2.46. The molecule has 0 aromatic heterocycles. The van der Waals surface area contributed by atoms with Crippen molar-refractivity contribution in [3.8, 4) is 0 Å². The average Bonchev–Trinajstić information content (AvgIpc) is 2.36. The summed E-state index contributed by atoms with van der Waals surface area (Å²) in [7, 11) is 0. The van der Waals surface area contributed by atoms with E-state index in [1.807, 2.05) is 0 Å². The Kier molecular flexibility index (Phi) is 4.45. The molecule has 0 radical (unpaired) electrons. The van der Waals surface area contributed by atoms with E-state index in [0.717, 1.165) is 12.1 Å². The van der Waals surface area contributed by atoms with Crippen LogP contribution in [0.1, 0.15) is 18.1 Å². The summed E-state index contributed by atoms with van der Waals surface area (Å²) in [6.07, 6.45) is -10.2. The second-order valence-corrected chi connectivity index (χ2v) is 4.46. The van der Waals surface area contributed by atoms with Crippen molar-refractivity contribution in [2.45, 2.75) is 24.8 Å². The molecule has 1 amide bonds. The molecule has 0 aliphatic heterocycles. The highest BCUT2D eigenvalue weighted by molar-refractivity contribution is 5.90. The van der Waals surface area contributed by atoms with Crippen LogP contribution in [0.3, 0.4) is 0 Å². The maximum Gasteiger partial charge on any atom is 0.471 e. The largest absolute Gasteiger partial charge is 0.479 e. The number of carboxylic acid groups (broad SMARTS) is 1. The lowest BCUT2D eigenvalue weighted by atomic mass is 9.90. The third-order valence-electron chi connectivity index (χ3n) is 2.82. The Hall–Kier alpha value is -2.26. The van der Waals surface area contributed by atoms with Gasteiger partial charge in [0.2, 0.25) is 0 Å². The highest BCUT2D eigenvalue weighted by atomic mass is 19.4. The topological polar surface area (TPSA) is 66.4 Å². The van der Waals surface area contributed by atoms with Gasteiger partial charge in [-0.15, -0.1) is 0 Å². The van der Waals surface area contributed by atoms with Gasteiger partial charge >= 0.3 is 24.2 Å². The Morgan fingerprint density at radius 1 is 1.05 bits per heavy atom. The molecule has 0 aliphatic rings. The Bertz CT molecular complexity index is 595. The minimum atomic E-state index is -5.38. The van der Waals surface area contributed by atoms with Gasteiger partial charge in [0.15, 0.2) is 5.54 Å². The minimum Gasteiger partial charge on any atom is -0.479 e. The second kappa shape index (κ2) is 5.50. The molecule has 1 aromatic carbocycles. The van der Waals surface area contributed by atoms with E-state index in [9.17, 15) is 35.9 Å². The fraction of sp³-hybridized carbons (Fsp3) is 0.333. The lowest BCUT2D eigenvalue weighted by Gasteiger charge is -2.27. The third kappa shape index (κ3) is 3.68. The number of amides is 1. The number of aliphatic carboxylic acids is 1. The first-order valence-electron chi connectivity index (χ1n) is 5.59. The van der Waals surface area contributed by atoms with Gasteiger partial charge in [0, 0.05) is 0 Å². The van der Waals surface area contributed by atoms with Crippen LogP contribution >= 0.6 is 0 Å². The fourth-order valence-electron chi connectivity index (χ4n) is 1.55. The lowest BCUT2D eigenvalue weighted by Crippen LogP contribution is -2.53. The van der Waals surface area contributed by atoms with Gasteiger partial charge in [0.05, 0.1) is 5.56 Å². The van der Waals surface area contributed by atoms with E-state index in [0.29, 0.717) is 19.1 Å². The second-order valence-electron chi connectivity index (χ2n) is 4.46. The van der Waals surface area contributed by atoms with E-state index in [2.05, 4.69) is 0 Å². The number of alkyl halides is 6. The zero-order valence-electron chi connectivity index (χ0n) is 10.8. The van der Waals surface area contributed by atoms with Crippen molar-refractivity contribution < 1.29 is 41.0 Å². The van der Waals surface area contributed by atoms with Gasteiger partial charge in [0.1, 0.15) is 0 Å². The molecular formula is C12H9F6NO3. The van der Waals surface area contributed by atoms with Crippen LogP contribution in [-0.4, -0.2) is 23.2 Å². The van der Waals surface area contributed by atoms with Gasteiger partial charge in [-0.1, -0.05) is 12.1 Å². The number of hydrogen-bond acceptors (Lipinski definition) is 2. The molecular weight excluding hydrogens is 320 g/mol. The van der Waals surface area contributed by atoms with Crippen LogP contribution in [-0.2, 0) is 21.3 Å². The SMILES string of the molecule is CC(NC(=O)C(F)(F)F)(C(=O)O)c1cccc(C(F)(F)F)c1. The molecule has 22 heavy (non-hydrogen) atoms. The average molecular weight is 329 g/mol. The Morgan fingerprint density at radius 3 is 1.95 bits per heavy atom. The summed E-state index contributed by atoms with van der Waals surface area (Å²) in [5.41, 5.74) is -4.57. The van der Waals surface area contributed by atoms with Crippen LogP contribution in [0.25, 0.3) is 0 Å². The number of carbonyl (C=O) groups excluding carboxylic acids is 1. The molecule has 0 heterocycles. The Labute approximate surface area is 119 Å². The van der Waals surface area contributed by atoms with E-state index < -0.39 is 40.9 Å². The number of benzene rings is 1. The standard InChI is InChI=1S/C12H9F6NO3/c1-10(9(21)22,19-8(20)12(16,17)18)6-3-2-4-7(5-6)11(13,14)15/h2-5H,1H3,(H,19,20)(H,21,22). The predicted octanol–water partition coefficient (Wildman–Crippen LogP) is 2.68. The first-order valence-corrected chi connectivity index (χ1v) is 5.59. The summed E-state index contributed by atoms with van der Waals surface area (Å²) in [6.45, 7) is 0.661. The van der Waals surface area contributed by atoms with Crippen molar-refractivity contribution in [1.82, 2.24) is 5.32 Å². The number of hydrogen-bond donors (Lipinski definition) is 2. The van der Waals surface area contributed by atoms with Gasteiger partial charge in [-0.2, -0.15) is 26.3 Å². The Morgan fingerprint density at radius 2 is 1.55 bits per heavy atom. The van der Waals surface area contributed by atoms with E-state index in [-0.39, 0.29) is 0 Å². The summed E-state index contributed by atoms with van der Waals surface area (Å²) in [5.74, 6) is -4.51. The van der Waals surface area contributed by atoms with Crippen molar-refractivity contribution in [2.24, 2.45) is 0 Å². The zero-order chi connectivity index (χ0) is 17.3. The Balaban J connectivity index is 3.32. The summed E-state index contributed by atoms with van der Waals surface area (Å²) in [6, 6.07) is 2.70. The van der Waals surface area contributed by atoms with Crippen molar-refractivity contribution in [1.29, 1.82) is 0 Å². The molecule has 2 N–H and O–H groups in total. The first kappa shape index (κ1) is 17.8. The zero-order valence-corrected chi connectivity index (χ0v) is 10.8. The first-order chi connectivity index (χ1) is 9.78. The molecule has 0 saturated heterocycles. The van der Waals surface area contributed by atoms with E-state index in [1.165, 1.54) is 5.32 Å². The molecule has 1 aromatic rings. The monoisotopic (exact) mass is 329 g/mol. The number of carbonyl (C=O) groups is 2. The molecule has 0 spiro atoms. The molecule has 1 atom stereocenters. The smallest absolute Gasteiger partial charge is 0.471 e. The van der Waals surface area contributed by atoms with Gasteiger partial charge < -0.3 is 10.4 Å². The number of rotatable bonds is 3. The highest BCUT2D eigenvalue weighted by Crippen LogP contribution is 2.32. The third-order valence-corrected chi connectivity index (χ3v) is 2.82. The molecule has 0 aliphatic carbocycles. The van der Waals surface area contributed by atoms with Crippen molar-refractivity contribution in [2.75, 3.05) is 0 Å². The number of carboxylic acids is 1. The summed E-state index contributed by atoms with van der Waals surface area (Å²) < 4.78 is 74.5. The molecule has 1 unspecified atom stereocenters. The van der Waals surface area contributed by atoms with Gasteiger partial charge in [-0.3, -0.25) is 4.79 Å². The number of halogens is 6. The van der Waals surface area contributed by atoms with Gasteiger partial charge in [0.25, 0.3) is 0 Å². The summed E-state index contributed by atoms with van der Waals surface area (Å²) >= 11 is 0. The van der Waals surface area contributed by atoms with Crippen molar-refractivity contribution in [3.05, 3.63) is 35.4 Å². The molecule has 1 rings (SSSR count). The maximum absolute atomic E-state index is 12.6.